The van der Waals surface area contributed by atoms with E-state index in [-0.39, 0.29) is 12.4 Å². The average molecular weight is 335 g/mol. The first-order valence-corrected chi connectivity index (χ1v) is 8.48. The predicted molar refractivity (Wildman–Crippen MR) is 86.2 cm³/mol. The molecule has 0 unspecified atom stereocenters. The van der Waals surface area contributed by atoms with E-state index in [1.54, 1.807) is 41.4 Å². The molecule has 0 radical (unpaired) electrons. The minimum atomic E-state index is -0.245. The summed E-state index contributed by atoms with van der Waals surface area (Å²) < 4.78 is 14.8. The number of thioether (sulfide) groups is 1. The summed E-state index contributed by atoms with van der Waals surface area (Å²) in [6.45, 7) is -0.0184. The standard InChI is InChI=1S/C15H14FN3OS2/c1-19-13(7-20)6-17-15(19)22-9-12-8-21-14(18-12)10-2-4-11(16)5-3-10/h2-6,8,20H,7,9H2,1H3. The van der Waals surface area contributed by atoms with E-state index in [0.29, 0.717) is 5.75 Å². The Morgan fingerprint density at radius 2 is 2.09 bits per heavy atom. The van der Waals surface area contributed by atoms with Gasteiger partial charge in [-0.3, -0.25) is 0 Å². The average Bonchev–Trinajstić information content (AvgIpc) is 3.13. The van der Waals surface area contributed by atoms with Gasteiger partial charge in [0.05, 0.1) is 24.2 Å². The molecule has 7 heteroatoms. The SMILES string of the molecule is Cn1c(CO)cnc1SCc1csc(-c2ccc(F)cc2)n1. The third-order valence-electron chi connectivity index (χ3n) is 3.20. The van der Waals surface area contributed by atoms with Gasteiger partial charge in [0.2, 0.25) is 0 Å². The van der Waals surface area contributed by atoms with Gasteiger partial charge in [0.15, 0.2) is 5.16 Å². The highest BCUT2D eigenvalue weighted by atomic mass is 32.2. The lowest BCUT2D eigenvalue weighted by molar-refractivity contribution is 0.271. The van der Waals surface area contributed by atoms with Crippen LogP contribution in [0, 0.1) is 5.82 Å². The van der Waals surface area contributed by atoms with Crippen molar-refractivity contribution in [3.63, 3.8) is 0 Å². The molecular weight excluding hydrogens is 321 g/mol. The molecule has 3 aromatic rings. The maximum absolute atomic E-state index is 12.9. The van der Waals surface area contributed by atoms with Crippen LogP contribution in [-0.2, 0) is 19.4 Å². The van der Waals surface area contributed by atoms with Crippen LogP contribution in [0.3, 0.4) is 0 Å². The Morgan fingerprint density at radius 1 is 1.32 bits per heavy atom. The Bertz CT molecular complexity index is 767. The van der Waals surface area contributed by atoms with E-state index in [0.717, 1.165) is 27.1 Å². The molecular formula is C15H14FN3OS2. The second kappa shape index (κ2) is 6.60. The van der Waals surface area contributed by atoms with Gasteiger partial charge in [0.25, 0.3) is 0 Å². The molecule has 4 nitrogen and oxygen atoms in total. The maximum Gasteiger partial charge on any atom is 0.168 e. The van der Waals surface area contributed by atoms with Crippen molar-refractivity contribution in [1.82, 2.24) is 14.5 Å². The third kappa shape index (κ3) is 3.21. The summed E-state index contributed by atoms with van der Waals surface area (Å²) in [5.41, 5.74) is 2.66. The number of aliphatic hydroxyl groups excluding tert-OH is 1. The summed E-state index contributed by atoms with van der Waals surface area (Å²) >= 11 is 3.12. The zero-order chi connectivity index (χ0) is 15.5. The van der Waals surface area contributed by atoms with Gasteiger partial charge >= 0.3 is 0 Å². The van der Waals surface area contributed by atoms with Crippen molar-refractivity contribution >= 4 is 23.1 Å². The zero-order valence-corrected chi connectivity index (χ0v) is 13.5. The summed E-state index contributed by atoms with van der Waals surface area (Å²) in [6, 6.07) is 6.35. The van der Waals surface area contributed by atoms with Gasteiger partial charge in [0.1, 0.15) is 10.8 Å². The maximum atomic E-state index is 12.9. The molecule has 0 saturated heterocycles. The molecule has 114 valence electrons. The Balaban J connectivity index is 1.69. The number of nitrogens with zero attached hydrogens (tertiary/aromatic N) is 3. The van der Waals surface area contributed by atoms with Crippen LogP contribution in [0.5, 0.6) is 0 Å². The van der Waals surface area contributed by atoms with Gasteiger partial charge in [-0.1, -0.05) is 11.8 Å². The van der Waals surface area contributed by atoms with Gasteiger partial charge in [0, 0.05) is 23.7 Å². The Kier molecular flexibility index (Phi) is 4.56. The topological polar surface area (TPSA) is 50.9 Å². The Hall–Kier alpha value is -1.70. The summed E-state index contributed by atoms with van der Waals surface area (Å²) in [4.78, 5) is 8.85. The van der Waals surface area contributed by atoms with Crippen molar-refractivity contribution in [1.29, 1.82) is 0 Å². The second-order valence-corrected chi connectivity index (χ2v) is 6.49. The minimum absolute atomic E-state index is 0.0184. The van der Waals surface area contributed by atoms with Crippen LogP contribution in [0.15, 0.2) is 41.0 Å². The number of hydrogen-bond donors (Lipinski definition) is 1. The number of hydrogen-bond acceptors (Lipinski definition) is 5. The van der Waals surface area contributed by atoms with Crippen LogP contribution in [0.2, 0.25) is 0 Å². The van der Waals surface area contributed by atoms with Gasteiger partial charge in [-0.2, -0.15) is 0 Å². The molecule has 2 aromatic heterocycles. The van der Waals surface area contributed by atoms with Crippen LogP contribution in [0.4, 0.5) is 4.39 Å². The van der Waals surface area contributed by atoms with Crippen LogP contribution in [-0.4, -0.2) is 19.6 Å². The quantitative estimate of drug-likeness (QED) is 0.726. The van der Waals surface area contributed by atoms with E-state index in [4.69, 9.17) is 5.11 Å². The number of aromatic nitrogens is 3. The monoisotopic (exact) mass is 335 g/mol. The van der Waals surface area contributed by atoms with E-state index in [2.05, 4.69) is 9.97 Å². The summed E-state index contributed by atoms with van der Waals surface area (Å²) in [7, 11) is 1.88. The third-order valence-corrected chi connectivity index (χ3v) is 5.21. The number of aliphatic hydroxyl groups is 1. The number of halogens is 1. The molecule has 0 aliphatic carbocycles. The van der Waals surface area contributed by atoms with Gasteiger partial charge in [-0.25, -0.2) is 14.4 Å². The Morgan fingerprint density at radius 3 is 2.77 bits per heavy atom. The van der Waals surface area contributed by atoms with E-state index >= 15 is 0 Å². The summed E-state index contributed by atoms with van der Waals surface area (Å²) in [5, 5.41) is 12.9. The molecule has 0 fully saturated rings. The zero-order valence-electron chi connectivity index (χ0n) is 11.9. The first-order chi connectivity index (χ1) is 10.7. The smallest absolute Gasteiger partial charge is 0.168 e. The van der Waals surface area contributed by atoms with E-state index in [9.17, 15) is 4.39 Å². The summed E-state index contributed by atoms with van der Waals surface area (Å²) in [5.74, 6) is 0.457. The highest BCUT2D eigenvalue weighted by Gasteiger charge is 2.09. The fourth-order valence-corrected chi connectivity index (χ4v) is 3.74. The lowest BCUT2D eigenvalue weighted by atomic mass is 10.2. The normalized spacial score (nSPS) is 11.0. The van der Waals surface area contributed by atoms with Crippen molar-refractivity contribution < 1.29 is 9.50 Å². The lowest BCUT2D eigenvalue weighted by Gasteiger charge is -2.02. The summed E-state index contributed by atoms with van der Waals surface area (Å²) in [6.07, 6.45) is 1.67. The molecule has 2 heterocycles. The highest BCUT2D eigenvalue weighted by Crippen LogP contribution is 2.27. The molecule has 0 amide bonds. The molecule has 1 N–H and O–H groups in total. The number of imidazole rings is 1. The number of rotatable bonds is 5. The van der Waals surface area contributed by atoms with Crippen LogP contribution < -0.4 is 0 Å². The van der Waals surface area contributed by atoms with E-state index in [1.807, 2.05) is 17.0 Å². The predicted octanol–water partition coefficient (Wildman–Crippen LogP) is 3.47. The first-order valence-electron chi connectivity index (χ1n) is 6.62. The molecule has 0 aliphatic heterocycles. The van der Waals surface area contributed by atoms with Crippen LogP contribution >= 0.6 is 23.1 Å². The fourth-order valence-electron chi connectivity index (χ4n) is 1.94. The van der Waals surface area contributed by atoms with Gasteiger partial charge in [-0.05, 0) is 24.3 Å². The molecule has 22 heavy (non-hydrogen) atoms. The van der Waals surface area contributed by atoms with Crippen molar-refractivity contribution in [2.75, 3.05) is 0 Å². The van der Waals surface area contributed by atoms with Crippen molar-refractivity contribution in [2.45, 2.75) is 17.5 Å². The second-order valence-electron chi connectivity index (χ2n) is 4.69. The lowest BCUT2D eigenvalue weighted by Crippen LogP contribution is -1.97. The van der Waals surface area contributed by atoms with Crippen molar-refractivity contribution in [3.8, 4) is 10.6 Å². The molecule has 0 atom stereocenters. The van der Waals surface area contributed by atoms with Crippen LogP contribution in [0.25, 0.3) is 10.6 Å². The van der Waals surface area contributed by atoms with Crippen molar-refractivity contribution in [2.24, 2.45) is 7.05 Å². The molecule has 0 spiro atoms. The van der Waals surface area contributed by atoms with E-state index in [1.165, 1.54) is 12.1 Å². The molecule has 0 aliphatic rings. The Labute approximate surface area is 135 Å². The number of benzene rings is 1. The number of thiazole rings is 1. The van der Waals surface area contributed by atoms with Gasteiger partial charge in [-0.15, -0.1) is 11.3 Å². The van der Waals surface area contributed by atoms with Crippen LogP contribution in [0.1, 0.15) is 11.4 Å². The minimum Gasteiger partial charge on any atom is -0.390 e. The first kappa shape index (κ1) is 15.2. The van der Waals surface area contributed by atoms with Gasteiger partial charge < -0.3 is 9.67 Å². The largest absolute Gasteiger partial charge is 0.390 e. The molecule has 1 aromatic carbocycles. The molecule has 0 bridgehead atoms. The van der Waals surface area contributed by atoms with Crippen molar-refractivity contribution in [3.05, 3.63) is 53.0 Å². The van der Waals surface area contributed by atoms with E-state index < -0.39 is 0 Å². The highest BCUT2D eigenvalue weighted by molar-refractivity contribution is 7.98. The molecule has 3 rings (SSSR count). The molecule has 0 saturated carbocycles. The fraction of sp³-hybridized carbons (Fsp3) is 0.200.